The minimum absolute atomic E-state index is 0.0754. The molecular weight excluding hydrogens is 402 g/mol. The van der Waals surface area contributed by atoms with Crippen molar-refractivity contribution in [2.75, 3.05) is 0 Å². The first-order valence-corrected chi connectivity index (χ1v) is 9.43. The second-order valence-corrected chi connectivity index (χ2v) is 6.99. The summed E-state index contributed by atoms with van der Waals surface area (Å²) in [4.78, 5) is 8.01. The van der Waals surface area contributed by atoms with E-state index in [2.05, 4.69) is 32.0 Å². The Bertz CT molecular complexity index is 1230. The Hall–Kier alpha value is -3.90. The van der Waals surface area contributed by atoms with Crippen molar-refractivity contribution in [3.63, 3.8) is 0 Å². The summed E-state index contributed by atoms with van der Waals surface area (Å²) in [5.74, 6) is 4.30. The highest BCUT2D eigenvalue weighted by molar-refractivity contribution is 5.37. The number of halogens is 2. The number of aromatic nitrogens is 6. The molecule has 7 nitrogen and oxygen atoms in total. The summed E-state index contributed by atoms with van der Waals surface area (Å²) < 4.78 is 31.0. The van der Waals surface area contributed by atoms with Gasteiger partial charge in [0, 0.05) is 24.0 Å². The predicted molar refractivity (Wildman–Crippen MR) is 107 cm³/mol. The van der Waals surface area contributed by atoms with Gasteiger partial charge in [0.15, 0.2) is 0 Å². The number of hydrogen-bond acceptors (Lipinski definition) is 5. The lowest BCUT2D eigenvalue weighted by atomic mass is 9.86. The molecule has 31 heavy (non-hydrogen) atoms. The lowest BCUT2D eigenvalue weighted by molar-refractivity contribution is -0.0369. The second-order valence-electron chi connectivity index (χ2n) is 6.99. The molecule has 4 rings (SSSR count). The van der Waals surface area contributed by atoms with E-state index < -0.39 is 23.3 Å². The minimum Gasteiger partial charge on any atom is -0.381 e. The molecule has 0 fully saturated rings. The molecule has 0 spiro atoms. The van der Waals surface area contributed by atoms with Crippen molar-refractivity contribution in [2.45, 2.75) is 25.1 Å². The molecule has 0 saturated heterocycles. The standard InChI is InChI=1S/C22H18F2N6O/c1-16(30-12-17(11-27-30)5-7-19-4-2-3-9-26-19)22(31,13-29-15-25-14-28-29)20-8-6-18(23)10-21(20)24/h2-4,6,8-12,14-16,31H,13H2,1H3/t16-,22-/m1/s1. The molecule has 0 saturated carbocycles. The van der Waals surface area contributed by atoms with Crippen LogP contribution in [0.15, 0.2) is 67.6 Å². The molecule has 0 bridgehead atoms. The number of benzene rings is 1. The van der Waals surface area contributed by atoms with Crippen LogP contribution in [0.4, 0.5) is 8.78 Å². The highest BCUT2D eigenvalue weighted by atomic mass is 19.1. The van der Waals surface area contributed by atoms with Gasteiger partial charge in [-0.05, 0) is 31.0 Å². The first-order chi connectivity index (χ1) is 15.0. The molecule has 2 atom stereocenters. The highest BCUT2D eigenvalue weighted by Gasteiger charge is 2.40. The first-order valence-electron chi connectivity index (χ1n) is 9.43. The normalized spacial score (nSPS) is 13.8. The van der Waals surface area contributed by atoms with Crippen molar-refractivity contribution in [1.82, 2.24) is 29.5 Å². The van der Waals surface area contributed by atoms with Crippen LogP contribution in [0.25, 0.3) is 0 Å². The molecule has 1 N–H and O–H groups in total. The molecule has 0 aliphatic rings. The van der Waals surface area contributed by atoms with Crippen molar-refractivity contribution in [3.05, 3.63) is 96.1 Å². The van der Waals surface area contributed by atoms with E-state index >= 15 is 0 Å². The van der Waals surface area contributed by atoms with Crippen LogP contribution >= 0.6 is 0 Å². The smallest absolute Gasteiger partial charge is 0.137 e. The van der Waals surface area contributed by atoms with Crippen LogP contribution in [0.5, 0.6) is 0 Å². The Morgan fingerprint density at radius 3 is 2.74 bits per heavy atom. The minimum atomic E-state index is -1.80. The Labute approximate surface area is 177 Å². The summed E-state index contributed by atoms with van der Waals surface area (Å²) >= 11 is 0. The lowest BCUT2D eigenvalue weighted by Crippen LogP contribution is -2.40. The summed E-state index contributed by atoms with van der Waals surface area (Å²) in [5, 5.41) is 19.9. The van der Waals surface area contributed by atoms with Crippen molar-refractivity contribution in [3.8, 4) is 11.8 Å². The van der Waals surface area contributed by atoms with Gasteiger partial charge >= 0.3 is 0 Å². The van der Waals surface area contributed by atoms with Gasteiger partial charge in [-0.15, -0.1) is 0 Å². The van der Waals surface area contributed by atoms with Gasteiger partial charge < -0.3 is 5.11 Å². The molecule has 0 aliphatic carbocycles. The second kappa shape index (κ2) is 8.45. The maximum atomic E-state index is 14.7. The quantitative estimate of drug-likeness (QED) is 0.502. The zero-order chi connectivity index (χ0) is 21.8. The molecule has 0 unspecified atom stereocenters. The average Bonchev–Trinajstić information content (AvgIpc) is 3.44. The molecule has 0 aliphatic heterocycles. The van der Waals surface area contributed by atoms with E-state index in [1.165, 1.54) is 28.1 Å². The maximum absolute atomic E-state index is 14.7. The van der Waals surface area contributed by atoms with Crippen LogP contribution in [-0.2, 0) is 12.1 Å². The van der Waals surface area contributed by atoms with Crippen LogP contribution in [0.1, 0.15) is 29.8 Å². The third kappa shape index (κ3) is 4.34. The molecule has 1 aromatic carbocycles. The molecule has 4 aromatic rings. The van der Waals surface area contributed by atoms with Gasteiger partial charge in [0.05, 0.1) is 24.3 Å². The Morgan fingerprint density at radius 2 is 2.03 bits per heavy atom. The van der Waals surface area contributed by atoms with Gasteiger partial charge in [-0.2, -0.15) is 10.2 Å². The van der Waals surface area contributed by atoms with E-state index in [0.717, 1.165) is 12.1 Å². The predicted octanol–water partition coefficient (Wildman–Crippen LogP) is 2.70. The fourth-order valence-corrected chi connectivity index (χ4v) is 3.25. The van der Waals surface area contributed by atoms with E-state index in [1.807, 2.05) is 6.07 Å². The molecule has 3 heterocycles. The molecular formula is C22H18F2N6O. The Balaban J connectivity index is 1.69. The summed E-state index contributed by atoms with van der Waals surface area (Å²) in [6.45, 7) is 1.56. The topological polar surface area (TPSA) is 81.6 Å². The van der Waals surface area contributed by atoms with Crippen molar-refractivity contribution in [2.24, 2.45) is 0 Å². The largest absolute Gasteiger partial charge is 0.381 e. The Kier molecular flexibility index (Phi) is 5.56. The summed E-state index contributed by atoms with van der Waals surface area (Å²) in [6, 6.07) is 7.74. The van der Waals surface area contributed by atoms with Crippen molar-refractivity contribution >= 4 is 0 Å². The molecule has 156 valence electrons. The Morgan fingerprint density at radius 1 is 1.16 bits per heavy atom. The van der Waals surface area contributed by atoms with Crippen molar-refractivity contribution < 1.29 is 13.9 Å². The zero-order valence-electron chi connectivity index (χ0n) is 16.5. The molecule has 9 heteroatoms. The average molecular weight is 420 g/mol. The van der Waals surface area contributed by atoms with E-state index in [9.17, 15) is 13.9 Å². The van der Waals surface area contributed by atoms with Crippen LogP contribution in [0.2, 0.25) is 0 Å². The van der Waals surface area contributed by atoms with Gasteiger partial charge in [-0.1, -0.05) is 18.1 Å². The van der Waals surface area contributed by atoms with Gasteiger partial charge in [0.1, 0.15) is 35.6 Å². The van der Waals surface area contributed by atoms with Crippen LogP contribution in [0.3, 0.4) is 0 Å². The zero-order valence-corrected chi connectivity index (χ0v) is 16.5. The lowest BCUT2D eigenvalue weighted by Gasteiger charge is -2.34. The summed E-state index contributed by atoms with van der Waals surface area (Å²) in [7, 11) is 0. The SMILES string of the molecule is C[C@@H](n1cc(C#Cc2ccccn2)cn1)[C@](O)(Cn1cncn1)c1ccc(F)cc1F. The third-order valence-electron chi connectivity index (χ3n) is 4.96. The van der Waals surface area contributed by atoms with E-state index in [-0.39, 0.29) is 12.1 Å². The third-order valence-corrected chi connectivity index (χ3v) is 4.96. The van der Waals surface area contributed by atoms with E-state index in [0.29, 0.717) is 11.3 Å². The number of pyridine rings is 1. The van der Waals surface area contributed by atoms with E-state index in [1.54, 1.807) is 37.6 Å². The van der Waals surface area contributed by atoms with Gasteiger partial charge in [0.25, 0.3) is 0 Å². The number of hydrogen-bond donors (Lipinski definition) is 1. The molecule has 3 aromatic heterocycles. The summed E-state index contributed by atoms with van der Waals surface area (Å²) in [5.41, 5.74) is -0.670. The maximum Gasteiger partial charge on any atom is 0.137 e. The van der Waals surface area contributed by atoms with Gasteiger partial charge in [-0.25, -0.2) is 23.4 Å². The van der Waals surface area contributed by atoms with Crippen LogP contribution < -0.4 is 0 Å². The van der Waals surface area contributed by atoms with Gasteiger partial charge in [0.2, 0.25) is 0 Å². The fourth-order valence-electron chi connectivity index (χ4n) is 3.25. The highest BCUT2D eigenvalue weighted by Crippen LogP contribution is 2.36. The molecule has 0 radical (unpaired) electrons. The van der Waals surface area contributed by atoms with Gasteiger partial charge in [-0.3, -0.25) is 4.68 Å². The number of nitrogens with zero attached hydrogens (tertiary/aromatic N) is 6. The monoisotopic (exact) mass is 420 g/mol. The first kappa shape index (κ1) is 20.4. The van der Waals surface area contributed by atoms with E-state index in [4.69, 9.17) is 0 Å². The summed E-state index contributed by atoms with van der Waals surface area (Å²) in [6.07, 6.45) is 7.56. The fraction of sp³-hybridized carbons (Fsp3) is 0.182. The van der Waals surface area contributed by atoms with Crippen LogP contribution in [-0.4, -0.2) is 34.6 Å². The number of rotatable bonds is 5. The van der Waals surface area contributed by atoms with Crippen LogP contribution in [0, 0.1) is 23.5 Å². The number of aliphatic hydroxyl groups is 1. The van der Waals surface area contributed by atoms with Crippen molar-refractivity contribution in [1.29, 1.82) is 0 Å². The molecule has 0 amide bonds.